The van der Waals surface area contributed by atoms with Crippen LogP contribution in [0.1, 0.15) is 17.7 Å². The molecule has 9 heteroatoms. The third-order valence-electron chi connectivity index (χ3n) is 5.32. The first-order valence-corrected chi connectivity index (χ1v) is 10.7. The number of rotatable bonds is 6. The Kier molecular flexibility index (Phi) is 5.07. The summed E-state index contributed by atoms with van der Waals surface area (Å²) in [5, 5.41) is 23.5. The Balaban J connectivity index is 1.52. The van der Waals surface area contributed by atoms with Gasteiger partial charge in [-0.1, -0.05) is 18.2 Å². The summed E-state index contributed by atoms with van der Waals surface area (Å²) in [6.45, 7) is 0.858. The minimum atomic E-state index is -0.0403. The van der Waals surface area contributed by atoms with E-state index in [0.717, 1.165) is 40.2 Å². The summed E-state index contributed by atoms with van der Waals surface area (Å²) in [5.41, 5.74) is 1.02. The van der Waals surface area contributed by atoms with E-state index >= 15 is 0 Å². The number of fused-ring (bicyclic) bond motifs is 1. The van der Waals surface area contributed by atoms with Crippen molar-refractivity contribution in [1.82, 2.24) is 19.5 Å². The summed E-state index contributed by atoms with van der Waals surface area (Å²) >= 11 is 1.45. The van der Waals surface area contributed by atoms with Gasteiger partial charge in [-0.2, -0.15) is 4.98 Å². The zero-order valence-corrected chi connectivity index (χ0v) is 17.1. The summed E-state index contributed by atoms with van der Waals surface area (Å²) in [5.74, 6) is 1.91. The lowest BCUT2D eigenvalue weighted by Gasteiger charge is -2.23. The standard InChI is InChI=1S/C21H22N6O2S/c28-11-15-7-4-8-27(15)21-24-19(17-9-16(12-29)30-20(17)25-21)23-18-10-26(13-22-18)14-5-2-1-3-6-14/h1-3,5-6,9-10,13,15,28-29H,4,7-8,11-12H2,(H,23,24,25). The van der Waals surface area contributed by atoms with Crippen molar-refractivity contribution in [2.45, 2.75) is 25.5 Å². The minimum absolute atomic E-state index is 0.0323. The highest BCUT2D eigenvalue weighted by Gasteiger charge is 2.27. The van der Waals surface area contributed by atoms with E-state index < -0.39 is 0 Å². The van der Waals surface area contributed by atoms with E-state index in [4.69, 9.17) is 9.97 Å². The van der Waals surface area contributed by atoms with Crippen molar-refractivity contribution in [2.24, 2.45) is 0 Å². The fraction of sp³-hybridized carbons (Fsp3) is 0.286. The third-order valence-corrected chi connectivity index (χ3v) is 6.33. The molecule has 1 saturated heterocycles. The highest BCUT2D eigenvalue weighted by molar-refractivity contribution is 7.18. The quantitative estimate of drug-likeness (QED) is 0.439. The van der Waals surface area contributed by atoms with Gasteiger partial charge in [0, 0.05) is 17.1 Å². The van der Waals surface area contributed by atoms with Crippen molar-refractivity contribution in [2.75, 3.05) is 23.4 Å². The van der Waals surface area contributed by atoms with Crippen LogP contribution < -0.4 is 10.2 Å². The van der Waals surface area contributed by atoms with Crippen LogP contribution in [-0.2, 0) is 6.61 Å². The number of imidazole rings is 1. The lowest BCUT2D eigenvalue weighted by atomic mass is 10.2. The molecule has 30 heavy (non-hydrogen) atoms. The molecule has 3 aromatic heterocycles. The number of thiophene rings is 1. The van der Waals surface area contributed by atoms with E-state index in [9.17, 15) is 10.2 Å². The van der Waals surface area contributed by atoms with Gasteiger partial charge < -0.3 is 25.0 Å². The minimum Gasteiger partial charge on any atom is -0.394 e. The second-order valence-electron chi connectivity index (χ2n) is 7.26. The Morgan fingerprint density at radius 2 is 2.03 bits per heavy atom. The molecule has 0 amide bonds. The van der Waals surface area contributed by atoms with Gasteiger partial charge in [-0.15, -0.1) is 11.3 Å². The van der Waals surface area contributed by atoms with Crippen LogP contribution in [-0.4, -0.2) is 48.9 Å². The van der Waals surface area contributed by atoms with Crippen molar-refractivity contribution in [3.63, 3.8) is 0 Å². The molecule has 1 atom stereocenters. The highest BCUT2D eigenvalue weighted by atomic mass is 32.1. The Bertz CT molecular complexity index is 1160. The summed E-state index contributed by atoms with van der Waals surface area (Å²) < 4.78 is 1.94. The molecule has 1 fully saturated rings. The maximum absolute atomic E-state index is 9.71. The van der Waals surface area contributed by atoms with Crippen LogP contribution in [0.3, 0.4) is 0 Å². The number of aliphatic hydroxyl groups is 2. The van der Waals surface area contributed by atoms with Gasteiger partial charge in [-0.3, -0.25) is 0 Å². The molecule has 4 heterocycles. The lowest BCUT2D eigenvalue weighted by Crippen LogP contribution is -2.33. The van der Waals surface area contributed by atoms with Gasteiger partial charge in [-0.25, -0.2) is 9.97 Å². The number of aliphatic hydroxyl groups excluding tert-OH is 2. The summed E-state index contributed by atoms with van der Waals surface area (Å²) in [7, 11) is 0. The van der Waals surface area contributed by atoms with Crippen LogP contribution >= 0.6 is 11.3 Å². The first kappa shape index (κ1) is 19.0. The van der Waals surface area contributed by atoms with Crippen LogP contribution in [0.4, 0.5) is 17.6 Å². The normalized spacial score (nSPS) is 16.5. The summed E-state index contributed by atoms with van der Waals surface area (Å²) in [4.78, 5) is 17.7. The number of benzene rings is 1. The summed E-state index contributed by atoms with van der Waals surface area (Å²) in [6, 6.07) is 11.9. The predicted molar refractivity (Wildman–Crippen MR) is 118 cm³/mol. The highest BCUT2D eigenvalue weighted by Crippen LogP contribution is 2.34. The van der Waals surface area contributed by atoms with Gasteiger partial charge in [0.1, 0.15) is 22.8 Å². The summed E-state index contributed by atoms with van der Waals surface area (Å²) in [6.07, 6.45) is 5.60. The largest absolute Gasteiger partial charge is 0.394 e. The van der Waals surface area contributed by atoms with Crippen molar-refractivity contribution < 1.29 is 10.2 Å². The molecule has 8 nitrogen and oxygen atoms in total. The second-order valence-corrected chi connectivity index (χ2v) is 8.38. The number of hydrogen-bond acceptors (Lipinski definition) is 8. The SMILES string of the molecule is OCc1cc2c(Nc3cn(-c4ccccc4)cn3)nc(N3CCCC3CO)nc2s1. The zero-order valence-electron chi connectivity index (χ0n) is 16.3. The first-order chi connectivity index (χ1) is 14.7. The molecule has 1 aliphatic heterocycles. The van der Waals surface area contributed by atoms with Crippen molar-refractivity contribution >= 4 is 39.1 Å². The number of aromatic nitrogens is 4. The second kappa shape index (κ2) is 8.02. The number of hydrogen-bond donors (Lipinski definition) is 3. The molecule has 0 saturated carbocycles. The van der Waals surface area contributed by atoms with Crippen molar-refractivity contribution in [3.05, 3.63) is 53.8 Å². The average molecular weight is 423 g/mol. The predicted octanol–water partition coefficient (Wildman–Crippen LogP) is 3.07. The monoisotopic (exact) mass is 422 g/mol. The average Bonchev–Trinajstić information content (AvgIpc) is 3.53. The van der Waals surface area contributed by atoms with E-state index in [-0.39, 0.29) is 19.3 Å². The molecule has 0 bridgehead atoms. The smallest absolute Gasteiger partial charge is 0.229 e. The van der Waals surface area contributed by atoms with Gasteiger partial charge in [0.2, 0.25) is 5.95 Å². The van der Waals surface area contributed by atoms with Crippen molar-refractivity contribution in [1.29, 1.82) is 0 Å². The molecule has 1 aliphatic rings. The number of nitrogens with zero attached hydrogens (tertiary/aromatic N) is 5. The van der Waals surface area contributed by atoms with Crippen LogP contribution in [0, 0.1) is 0 Å². The number of para-hydroxylation sites is 1. The molecule has 4 aromatic rings. The molecule has 3 N–H and O–H groups in total. The number of nitrogens with one attached hydrogen (secondary N) is 1. The molecule has 0 radical (unpaired) electrons. The molecular weight excluding hydrogens is 400 g/mol. The zero-order chi connectivity index (χ0) is 20.5. The van der Waals surface area contributed by atoms with E-state index in [1.165, 1.54) is 11.3 Å². The Morgan fingerprint density at radius 3 is 2.83 bits per heavy atom. The molecule has 154 valence electrons. The molecule has 5 rings (SSSR count). The van der Waals surface area contributed by atoms with Crippen molar-refractivity contribution in [3.8, 4) is 5.69 Å². The van der Waals surface area contributed by atoms with E-state index in [2.05, 4.69) is 15.2 Å². The van der Waals surface area contributed by atoms with E-state index in [1.807, 2.05) is 47.2 Å². The van der Waals surface area contributed by atoms with Gasteiger partial charge >= 0.3 is 0 Å². The molecule has 1 aromatic carbocycles. The Labute approximate surface area is 177 Å². The topological polar surface area (TPSA) is 99.3 Å². The Morgan fingerprint density at radius 1 is 1.17 bits per heavy atom. The fourth-order valence-electron chi connectivity index (χ4n) is 3.80. The maximum Gasteiger partial charge on any atom is 0.229 e. The Hall–Kier alpha value is -3.01. The molecule has 1 unspecified atom stereocenters. The third kappa shape index (κ3) is 3.51. The van der Waals surface area contributed by atoms with Crippen LogP contribution in [0.2, 0.25) is 0 Å². The molecule has 0 aliphatic carbocycles. The lowest BCUT2D eigenvalue weighted by molar-refractivity contribution is 0.265. The van der Waals surface area contributed by atoms with Crippen LogP contribution in [0.25, 0.3) is 15.9 Å². The molecular formula is C21H22N6O2S. The molecule has 0 spiro atoms. The van der Waals surface area contributed by atoms with E-state index in [0.29, 0.717) is 17.6 Å². The fourth-order valence-corrected chi connectivity index (χ4v) is 4.68. The first-order valence-electron chi connectivity index (χ1n) is 9.90. The maximum atomic E-state index is 9.71. The van der Waals surface area contributed by atoms with Gasteiger partial charge in [0.05, 0.1) is 30.8 Å². The van der Waals surface area contributed by atoms with E-state index in [1.54, 1.807) is 6.33 Å². The van der Waals surface area contributed by atoms with Crippen LogP contribution in [0.5, 0.6) is 0 Å². The van der Waals surface area contributed by atoms with Gasteiger partial charge in [0.25, 0.3) is 0 Å². The number of anilines is 3. The van der Waals surface area contributed by atoms with Crippen LogP contribution in [0.15, 0.2) is 48.9 Å². The van der Waals surface area contributed by atoms with Gasteiger partial charge in [-0.05, 0) is 31.0 Å². The van der Waals surface area contributed by atoms with Gasteiger partial charge in [0.15, 0.2) is 0 Å².